The van der Waals surface area contributed by atoms with Crippen LogP contribution in [0.5, 0.6) is 5.75 Å². The van der Waals surface area contributed by atoms with Crippen LogP contribution in [0.15, 0.2) is 18.3 Å². The molecule has 2 heterocycles. The molecule has 2 aromatic rings. The van der Waals surface area contributed by atoms with Gasteiger partial charge in [0.05, 0.1) is 30.6 Å². The van der Waals surface area contributed by atoms with Gasteiger partial charge < -0.3 is 18.9 Å². The highest BCUT2D eigenvalue weighted by Gasteiger charge is 2.27. The number of ether oxygens (including phenoxy) is 2. The van der Waals surface area contributed by atoms with Gasteiger partial charge in [-0.25, -0.2) is 14.2 Å². The van der Waals surface area contributed by atoms with Crippen molar-refractivity contribution in [1.82, 2.24) is 14.5 Å². The van der Waals surface area contributed by atoms with Crippen molar-refractivity contribution in [2.75, 3.05) is 13.7 Å². The molecule has 0 bridgehead atoms. The molecule has 1 amide bonds. The van der Waals surface area contributed by atoms with E-state index < -0.39 is 11.4 Å². The Morgan fingerprint density at radius 1 is 1.31 bits per heavy atom. The summed E-state index contributed by atoms with van der Waals surface area (Å²) in [5, 5.41) is 0.186. The molecule has 8 heteroatoms. The van der Waals surface area contributed by atoms with Crippen molar-refractivity contribution in [3.63, 3.8) is 0 Å². The third-order valence-corrected chi connectivity index (χ3v) is 4.28. The van der Waals surface area contributed by atoms with Crippen LogP contribution >= 0.6 is 11.6 Å². The van der Waals surface area contributed by atoms with Crippen LogP contribution in [-0.4, -0.2) is 39.8 Å². The van der Waals surface area contributed by atoms with Crippen LogP contribution in [0.25, 0.3) is 11.4 Å². The van der Waals surface area contributed by atoms with Crippen molar-refractivity contribution >= 4 is 17.7 Å². The molecule has 6 nitrogen and oxygen atoms in total. The molecule has 0 radical (unpaired) electrons. The molecular formula is C18H21ClFN3O3. The number of amides is 1. The summed E-state index contributed by atoms with van der Waals surface area (Å²) in [6.07, 6.45) is 1.33. The molecule has 0 saturated heterocycles. The Morgan fingerprint density at radius 2 is 2.04 bits per heavy atom. The summed E-state index contributed by atoms with van der Waals surface area (Å²) in [6, 6.07) is 2.97. The van der Waals surface area contributed by atoms with E-state index >= 15 is 0 Å². The highest BCUT2D eigenvalue weighted by Crippen LogP contribution is 2.33. The van der Waals surface area contributed by atoms with Gasteiger partial charge >= 0.3 is 6.09 Å². The van der Waals surface area contributed by atoms with E-state index in [0.717, 1.165) is 5.69 Å². The first-order valence-corrected chi connectivity index (χ1v) is 8.63. The Kier molecular flexibility index (Phi) is 4.84. The summed E-state index contributed by atoms with van der Waals surface area (Å²) in [4.78, 5) is 18.3. The number of benzene rings is 1. The van der Waals surface area contributed by atoms with Crippen LogP contribution < -0.4 is 4.74 Å². The van der Waals surface area contributed by atoms with Gasteiger partial charge in [0.15, 0.2) is 11.6 Å². The van der Waals surface area contributed by atoms with Gasteiger partial charge in [-0.05, 0) is 32.9 Å². The molecule has 0 aliphatic carbocycles. The predicted molar refractivity (Wildman–Crippen MR) is 95.8 cm³/mol. The second-order valence-electron chi connectivity index (χ2n) is 7.10. The molecule has 1 aliphatic rings. The summed E-state index contributed by atoms with van der Waals surface area (Å²) in [5.41, 5.74) is 0.867. The van der Waals surface area contributed by atoms with Gasteiger partial charge in [-0.2, -0.15) is 0 Å². The minimum Gasteiger partial charge on any atom is -0.492 e. The molecule has 0 spiro atoms. The van der Waals surface area contributed by atoms with Crippen molar-refractivity contribution in [2.24, 2.45) is 0 Å². The highest BCUT2D eigenvalue weighted by molar-refractivity contribution is 6.32. The van der Waals surface area contributed by atoms with E-state index in [1.165, 1.54) is 13.2 Å². The van der Waals surface area contributed by atoms with Gasteiger partial charge in [-0.3, -0.25) is 0 Å². The predicted octanol–water partition coefficient (Wildman–Crippen LogP) is 4.10. The fraction of sp³-hybridized carbons (Fsp3) is 0.444. The maximum absolute atomic E-state index is 14.1. The van der Waals surface area contributed by atoms with E-state index in [0.29, 0.717) is 31.0 Å². The molecule has 3 rings (SSSR count). The van der Waals surface area contributed by atoms with Crippen LogP contribution in [0.2, 0.25) is 5.02 Å². The summed E-state index contributed by atoms with van der Waals surface area (Å²) >= 11 is 6.09. The zero-order valence-corrected chi connectivity index (χ0v) is 15.9. The minimum absolute atomic E-state index is 0.0111. The van der Waals surface area contributed by atoms with E-state index in [-0.39, 0.29) is 16.9 Å². The summed E-state index contributed by atoms with van der Waals surface area (Å²) in [7, 11) is 1.37. The molecule has 0 atom stereocenters. The summed E-state index contributed by atoms with van der Waals surface area (Å²) in [5.74, 6) is 0.0720. The Labute approximate surface area is 156 Å². The Balaban J connectivity index is 1.85. The van der Waals surface area contributed by atoms with Crippen LogP contribution in [0.4, 0.5) is 9.18 Å². The standard InChI is InChI=1S/C18H21ClFN3O3/c1-18(2,3)26-17(24)22-5-6-23-12(10-22)9-21-16(23)11-7-13(19)15(25-4)14(20)8-11/h7-9H,5-6,10H2,1-4H3. The lowest BCUT2D eigenvalue weighted by molar-refractivity contribution is 0.0199. The smallest absolute Gasteiger partial charge is 0.410 e. The number of rotatable bonds is 2. The minimum atomic E-state index is -0.544. The van der Waals surface area contributed by atoms with Gasteiger partial charge in [0.1, 0.15) is 11.4 Å². The third kappa shape index (κ3) is 3.62. The number of fused-ring (bicyclic) bond motifs is 1. The van der Waals surface area contributed by atoms with E-state index in [2.05, 4.69) is 4.98 Å². The number of aromatic nitrogens is 2. The number of carbonyl (C=O) groups excluding carboxylic acids is 1. The second kappa shape index (κ2) is 6.79. The number of nitrogens with zero attached hydrogens (tertiary/aromatic N) is 3. The normalized spacial score (nSPS) is 14.2. The van der Waals surface area contributed by atoms with Gasteiger partial charge in [0.2, 0.25) is 0 Å². The van der Waals surface area contributed by atoms with Crippen molar-refractivity contribution in [3.05, 3.63) is 34.9 Å². The van der Waals surface area contributed by atoms with Gasteiger partial charge in [0.25, 0.3) is 0 Å². The average molecular weight is 382 g/mol. The fourth-order valence-corrected chi connectivity index (χ4v) is 3.16. The van der Waals surface area contributed by atoms with E-state index in [1.54, 1.807) is 17.2 Å². The first-order chi connectivity index (χ1) is 12.2. The van der Waals surface area contributed by atoms with Crippen molar-refractivity contribution in [3.8, 4) is 17.1 Å². The van der Waals surface area contributed by atoms with Crippen molar-refractivity contribution < 1.29 is 18.7 Å². The monoisotopic (exact) mass is 381 g/mol. The fourth-order valence-electron chi connectivity index (χ4n) is 2.88. The zero-order chi connectivity index (χ0) is 19.1. The molecule has 1 aromatic carbocycles. The average Bonchev–Trinajstić information content (AvgIpc) is 2.96. The van der Waals surface area contributed by atoms with E-state index in [4.69, 9.17) is 21.1 Å². The quantitative estimate of drug-likeness (QED) is 0.785. The first-order valence-electron chi connectivity index (χ1n) is 8.25. The topological polar surface area (TPSA) is 56.6 Å². The number of halogens is 2. The second-order valence-corrected chi connectivity index (χ2v) is 7.51. The highest BCUT2D eigenvalue weighted by atomic mass is 35.5. The number of hydrogen-bond donors (Lipinski definition) is 0. The molecule has 0 N–H and O–H groups in total. The Morgan fingerprint density at radius 3 is 2.65 bits per heavy atom. The van der Waals surface area contributed by atoms with Crippen LogP contribution in [0.1, 0.15) is 26.5 Å². The van der Waals surface area contributed by atoms with Crippen molar-refractivity contribution in [1.29, 1.82) is 0 Å². The molecule has 0 unspecified atom stereocenters. The van der Waals surface area contributed by atoms with Crippen LogP contribution in [-0.2, 0) is 17.8 Å². The molecule has 1 aromatic heterocycles. The lowest BCUT2D eigenvalue weighted by atomic mass is 10.2. The first kappa shape index (κ1) is 18.5. The molecule has 26 heavy (non-hydrogen) atoms. The largest absolute Gasteiger partial charge is 0.492 e. The van der Waals surface area contributed by atoms with E-state index in [9.17, 15) is 9.18 Å². The maximum atomic E-state index is 14.1. The number of methoxy groups -OCH3 is 1. The van der Waals surface area contributed by atoms with Gasteiger partial charge in [0, 0.05) is 18.7 Å². The van der Waals surface area contributed by atoms with Crippen LogP contribution in [0.3, 0.4) is 0 Å². The van der Waals surface area contributed by atoms with Crippen molar-refractivity contribution in [2.45, 2.75) is 39.5 Å². The molecule has 1 aliphatic heterocycles. The molecular weight excluding hydrogens is 361 g/mol. The maximum Gasteiger partial charge on any atom is 0.410 e. The van der Waals surface area contributed by atoms with Gasteiger partial charge in [-0.1, -0.05) is 11.6 Å². The third-order valence-electron chi connectivity index (χ3n) is 4.00. The lowest BCUT2D eigenvalue weighted by Gasteiger charge is -2.31. The number of hydrogen-bond acceptors (Lipinski definition) is 4. The van der Waals surface area contributed by atoms with Gasteiger partial charge in [-0.15, -0.1) is 0 Å². The SMILES string of the molecule is COc1c(F)cc(-c2ncc3n2CCN(C(=O)OC(C)(C)C)C3)cc1Cl. The molecule has 0 fully saturated rings. The number of carbonyl (C=O) groups is 1. The lowest BCUT2D eigenvalue weighted by Crippen LogP contribution is -2.41. The Hall–Kier alpha value is -2.28. The van der Waals surface area contributed by atoms with Crippen LogP contribution in [0, 0.1) is 5.82 Å². The molecule has 140 valence electrons. The zero-order valence-electron chi connectivity index (χ0n) is 15.2. The molecule has 0 saturated carbocycles. The van der Waals surface area contributed by atoms with E-state index in [1.807, 2.05) is 25.3 Å². The summed E-state index contributed by atoms with van der Waals surface area (Å²) < 4.78 is 26.5. The Bertz CT molecular complexity index is 822. The summed E-state index contributed by atoms with van der Waals surface area (Å²) in [6.45, 7) is 6.90. The number of imidazole rings is 1.